The van der Waals surface area contributed by atoms with Gasteiger partial charge in [-0.25, -0.2) is 4.79 Å². The van der Waals surface area contributed by atoms with Crippen LogP contribution in [0.15, 0.2) is 18.2 Å². The van der Waals surface area contributed by atoms with Crippen molar-refractivity contribution in [1.82, 2.24) is 10.2 Å². The largest absolute Gasteiger partial charge is 0.452 e. The first-order valence-electron chi connectivity index (χ1n) is 5.92. The number of esters is 1. The molecule has 0 saturated heterocycles. The first kappa shape index (κ1) is 17.3. The van der Waals surface area contributed by atoms with Crippen molar-refractivity contribution in [3.8, 4) is 0 Å². The number of nitrogens with one attached hydrogen (secondary N) is 1. The summed E-state index contributed by atoms with van der Waals surface area (Å²) in [5.74, 6) is -1.51. The molecule has 0 spiro atoms. The molecule has 1 rings (SSSR count). The van der Waals surface area contributed by atoms with Crippen LogP contribution >= 0.6 is 23.2 Å². The lowest BCUT2D eigenvalue weighted by molar-refractivity contribution is -0.137. The molecule has 0 unspecified atom stereocenters. The molecule has 0 saturated carbocycles. The highest BCUT2D eigenvalue weighted by Gasteiger charge is 2.16. The van der Waals surface area contributed by atoms with Crippen LogP contribution in [-0.4, -0.2) is 49.9 Å². The average Bonchev–Trinajstić information content (AvgIpc) is 2.46. The van der Waals surface area contributed by atoms with Crippen molar-refractivity contribution in [1.29, 1.82) is 0 Å². The number of benzene rings is 1. The van der Waals surface area contributed by atoms with E-state index in [1.165, 1.54) is 32.3 Å². The van der Waals surface area contributed by atoms with Gasteiger partial charge in [-0.2, -0.15) is 0 Å². The molecular weight excluding hydrogens is 319 g/mol. The molecule has 0 heterocycles. The van der Waals surface area contributed by atoms with E-state index in [1.54, 1.807) is 0 Å². The van der Waals surface area contributed by atoms with Gasteiger partial charge in [0.1, 0.15) is 0 Å². The van der Waals surface area contributed by atoms with Gasteiger partial charge in [-0.05, 0) is 18.2 Å². The standard InChI is InChI=1S/C13H14Cl2N2O4/c1-16-11(18)6-17(2)12(19)7-21-13(20)8-3-4-9(14)10(15)5-8/h3-5H,6-7H2,1-2H3,(H,16,18). The van der Waals surface area contributed by atoms with E-state index in [4.69, 9.17) is 27.9 Å². The molecular formula is C13H14Cl2N2O4. The van der Waals surface area contributed by atoms with Crippen LogP contribution in [0.4, 0.5) is 0 Å². The van der Waals surface area contributed by atoms with Crippen molar-refractivity contribution >= 4 is 41.0 Å². The minimum atomic E-state index is -0.699. The molecule has 1 aromatic rings. The molecule has 0 aliphatic heterocycles. The second-order valence-corrected chi connectivity index (χ2v) is 4.94. The lowest BCUT2D eigenvalue weighted by Crippen LogP contribution is -2.39. The fourth-order valence-electron chi connectivity index (χ4n) is 1.33. The van der Waals surface area contributed by atoms with E-state index in [0.717, 1.165) is 4.90 Å². The SMILES string of the molecule is CNC(=O)CN(C)C(=O)COC(=O)c1ccc(Cl)c(Cl)c1. The number of likely N-dealkylation sites (N-methyl/N-ethyl adjacent to an activating group) is 2. The molecule has 0 bridgehead atoms. The quantitative estimate of drug-likeness (QED) is 0.826. The van der Waals surface area contributed by atoms with Gasteiger partial charge in [-0.3, -0.25) is 9.59 Å². The Kier molecular flexibility index (Phi) is 6.45. The summed E-state index contributed by atoms with van der Waals surface area (Å²) in [7, 11) is 2.90. The minimum absolute atomic E-state index is 0.111. The molecule has 6 nitrogen and oxygen atoms in total. The van der Waals surface area contributed by atoms with Crippen molar-refractivity contribution < 1.29 is 19.1 Å². The first-order valence-corrected chi connectivity index (χ1v) is 6.67. The van der Waals surface area contributed by atoms with Crippen LogP contribution in [0.5, 0.6) is 0 Å². The molecule has 0 radical (unpaired) electrons. The van der Waals surface area contributed by atoms with E-state index in [0.29, 0.717) is 5.02 Å². The summed E-state index contributed by atoms with van der Waals surface area (Å²) in [4.78, 5) is 35.7. The number of ether oxygens (including phenoxy) is 1. The Morgan fingerprint density at radius 3 is 2.48 bits per heavy atom. The van der Waals surface area contributed by atoms with Crippen LogP contribution in [0.25, 0.3) is 0 Å². The lowest BCUT2D eigenvalue weighted by Gasteiger charge is -2.15. The van der Waals surface area contributed by atoms with Gasteiger partial charge in [-0.15, -0.1) is 0 Å². The Morgan fingerprint density at radius 1 is 1.24 bits per heavy atom. The van der Waals surface area contributed by atoms with E-state index in [9.17, 15) is 14.4 Å². The number of rotatable bonds is 5. The molecule has 0 atom stereocenters. The summed E-state index contributed by atoms with van der Waals surface area (Å²) in [6.07, 6.45) is 0. The Morgan fingerprint density at radius 2 is 1.90 bits per heavy atom. The van der Waals surface area contributed by atoms with Crippen molar-refractivity contribution in [2.24, 2.45) is 0 Å². The maximum Gasteiger partial charge on any atom is 0.338 e. The number of nitrogens with zero attached hydrogens (tertiary/aromatic N) is 1. The van der Waals surface area contributed by atoms with Gasteiger partial charge in [0, 0.05) is 14.1 Å². The summed E-state index contributed by atoms with van der Waals surface area (Å²) < 4.78 is 4.86. The molecule has 0 aromatic heterocycles. The van der Waals surface area contributed by atoms with Gasteiger partial charge >= 0.3 is 5.97 Å². The third-order valence-corrected chi connectivity index (χ3v) is 3.31. The van der Waals surface area contributed by atoms with Crippen molar-refractivity contribution in [3.05, 3.63) is 33.8 Å². The summed E-state index contributed by atoms with van der Waals surface area (Å²) >= 11 is 11.5. The second-order valence-electron chi connectivity index (χ2n) is 4.13. The van der Waals surface area contributed by atoms with Crippen LogP contribution in [0.3, 0.4) is 0 Å². The van der Waals surface area contributed by atoms with E-state index in [-0.39, 0.29) is 23.0 Å². The Labute approximate surface area is 132 Å². The zero-order valence-corrected chi connectivity index (χ0v) is 13.0. The topological polar surface area (TPSA) is 75.7 Å². The third-order valence-electron chi connectivity index (χ3n) is 2.57. The molecule has 2 amide bonds. The van der Waals surface area contributed by atoms with E-state index in [1.807, 2.05) is 0 Å². The number of hydrogen-bond acceptors (Lipinski definition) is 4. The van der Waals surface area contributed by atoms with Crippen molar-refractivity contribution in [3.63, 3.8) is 0 Å². The predicted octanol–water partition coefficient (Wildman–Crippen LogP) is 1.35. The lowest BCUT2D eigenvalue weighted by atomic mass is 10.2. The third kappa shape index (κ3) is 5.24. The van der Waals surface area contributed by atoms with Crippen LogP contribution in [0.2, 0.25) is 10.0 Å². The first-order chi connectivity index (χ1) is 9.85. The van der Waals surface area contributed by atoms with Crippen LogP contribution in [-0.2, 0) is 14.3 Å². The Balaban J connectivity index is 2.54. The summed E-state index contributed by atoms with van der Waals surface area (Å²) in [5.41, 5.74) is 0.186. The number of carbonyl (C=O) groups is 3. The van der Waals surface area contributed by atoms with Gasteiger partial charge in [0.25, 0.3) is 5.91 Å². The number of carbonyl (C=O) groups excluding carboxylic acids is 3. The fraction of sp³-hybridized carbons (Fsp3) is 0.308. The van der Waals surface area contributed by atoms with E-state index in [2.05, 4.69) is 5.32 Å². The number of halogens is 2. The monoisotopic (exact) mass is 332 g/mol. The Hall–Kier alpha value is -1.79. The summed E-state index contributed by atoms with van der Waals surface area (Å²) in [6.45, 7) is -0.577. The molecule has 114 valence electrons. The molecule has 1 aromatic carbocycles. The maximum absolute atomic E-state index is 11.7. The summed E-state index contributed by atoms with van der Waals surface area (Å²) in [5, 5.41) is 2.92. The van der Waals surface area contributed by atoms with Crippen molar-refractivity contribution in [2.45, 2.75) is 0 Å². The van der Waals surface area contributed by atoms with E-state index >= 15 is 0 Å². The highest BCUT2D eigenvalue weighted by Crippen LogP contribution is 2.22. The molecule has 0 fully saturated rings. The van der Waals surface area contributed by atoms with Gasteiger partial charge in [0.15, 0.2) is 6.61 Å². The average molecular weight is 333 g/mol. The molecule has 8 heteroatoms. The van der Waals surface area contributed by atoms with E-state index < -0.39 is 18.5 Å². The summed E-state index contributed by atoms with van der Waals surface area (Å²) in [6, 6.07) is 4.25. The highest BCUT2D eigenvalue weighted by atomic mass is 35.5. The zero-order valence-electron chi connectivity index (χ0n) is 11.5. The second kappa shape index (κ2) is 7.85. The normalized spacial score (nSPS) is 9.90. The van der Waals surface area contributed by atoms with Crippen LogP contribution < -0.4 is 5.32 Å². The van der Waals surface area contributed by atoms with Crippen LogP contribution in [0, 0.1) is 0 Å². The molecule has 0 aliphatic carbocycles. The minimum Gasteiger partial charge on any atom is -0.452 e. The number of amides is 2. The smallest absolute Gasteiger partial charge is 0.338 e. The maximum atomic E-state index is 11.7. The molecule has 0 aliphatic rings. The van der Waals surface area contributed by atoms with Gasteiger partial charge in [0.2, 0.25) is 5.91 Å². The predicted molar refractivity (Wildman–Crippen MR) is 78.4 cm³/mol. The van der Waals surface area contributed by atoms with Gasteiger partial charge in [0.05, 0.1) is 22.2 Å². The zero-order chi connectivity index (χ0) is 16.0. The highest BCUT2D eigenvalue weighted by molar-refractivity contribution is 6.42. The fourth-order valence-corrected chi connectivity index (χ4v) is 1.62. The molecule has 1 N–H and O–H groups in total. The van der Waals surface area contributed by atoms with Crippen LogP contribution in [0.1, 0.15) is 10.4 Å². The Bertz CT molecular complexity index is 563. The molecule has 21 heavy (non-hydrogen) atoms. The van der Waals surface area contributed by atoms with Gasteiger partial charge in [-0.1, -0.05) is 23.2 Å². The number of hydrogen-bond donors (Lipinski definition) is 1. The van der Waals surface area contributed by atoms with Crippen molar-refractivity contribution in [2.75, 3.05) is 27.2 Å². The van der Waals surface area contributed by atoms with Gasteiger partial charge < -0.3 is 15.0 Å².